The molecule has 0 radical (unpaired) electrons. The average molecular weight is 310 g/mol. The van der Waals surface area contributed by atoms with Gasteiger partial charge in [0.2, 0.25) is 0 Å². The minimum atomic E-state index is 0.191. The molecule has 21 heavy (non-hydrogen) atoms. The van der Waals surface area contributed by atoms with Gasteiger partial charge in [-0.1, -0.05) is 18.5 Å². The number of aromatic nitrogens is 4. The molecule has 0 aromatic carbocycles. The minimum Gasteiger partial charge on any atom is -0.308 e. The molecule has 2 aromatic rings. The Hall–Kier alpha value is -1.33. The molecule has 5 nitrogen and oxygen atoms in total. The average Bonchev–Trinajstić information content (AvgIpc) is 3.01. The highest BCUT2D eigenvalue weighted by atomic mass is 35.5. The van der Waals surface area contributed by atoms with Crippen LogP contribution in [-0.2, 0) is 20.0 Å². The predicted octanol–water partition coefficient (Wildman–Crippen LogP) is 2.88. The van der Waals surface area contributed by atoms with Crippen LogP contribution in [0.3, 0.4) is 0 Å². The van der Waals surface area contributed by atoms with Crippen molar-refractivity contribution in [1.29, 1.82) is 0 Å². The lowest BCUT2D eigenvalue weighted by Crippen LogP contribution is -2.27. The lowest BCUT2D eigenvalue weighted by molar-refractivity contribution is 0.474. The monoisotopic (exact) mass is 309 g/mol. The first-order valence-corrected chi connectivity index (χ1v) is 7.89. The SMILES string of the molecule is CCCNC(Cc1c(Cl)c(C)nn1CC)c1ccnn1C. The van der Waals surface area contributed by atoms with Crippen molar-refractivity contribution in [2.45, 2.75) is 46.2 Å². The van der Waals surface area contributed by atoms with E-state index in [4.69, 9.17) is 11.6 Å². The molecule has 0 spiro atoms. The van der Waals surface area contributed by atoms with E-state index >= 15 is 0 Å². The van der Waals surface area contributed by atoms with Gasteiger partial charge in [0.05, 0.1) is 28.1 Å². The second kappa shape index (κ2) is 7.09. The predicted molar refractivity (Wildman–Crippen MR) is 85.6 cm³/mol. The Morgan fingerprint density at radius 2 is 2.14 bits per heavy atom. The van der Waals surface area contributed by atoms with E-state index in [1.54, 1.807) is 0 Å². The smallest absolute Gasteiger partial charge is 0.0847 e. The van der Waals surface area contributed by atoms with Gasteiger partial charge < -0.3 is 5.32 Å². The van der Waals surface area contributed by atoms with Crippen LogP contribution in [0.2, 0.25) is 5.02 Å². The topological polar surface area (TPSA) is 47.7 Å². The Balaban J connectivity index is 2.29. The van der Waals surface area contributed by atoms with E-state index in [0.717, 1.165) is 42.3 Å². The fourth-order valence-corrected chi connectivity index (χ4v) is 2.80. The molecule has 2 rings (SSSR count). The van der Waals surface area contributed by atoms with Crippen molar-refractivity contribution < 1.29 is 0 Å². The van der Waals surface area contributed by atoms with E-state index in [-0.39, 0.29) is 6.04 Å². The van der Waals surface area contributed by atoms with Gasteiger partial charge in [0, 0.05) is 26.2 Å². The zero-order valence-electron chi connectivity index (χ0n) is 13.2. The van der Waals surface area contributed by atoms with Crippen LogP contribution in [0.1, 0.15) is 43.4 Å². The largest absolute Gasteiger partial charge is 0.308 e. The van der Waals surface area contributed by atoms with Gasteiger partial charge in [0.15, 0.2) is 0 Å². The fraction of sp³-hybridized carbons (Fsp3) is 0.600. The highest BCUT2D eigenvalue weighted by molar-refractivity contribution is 6.31. The lowest BCUT2D eigenvalue weighted by Gasteiger charge is -2.19. The normalized spacial score (nSPS) is 12.8. The third-order valence-electron chi connectivity index (χ3n) is 3.71. The molecular weight excluding hydrogens is 286 g/mol. The van der Waals surface area contributed by atoms with Crippen molar-refractivity contribution in [3.05, 3.63) is 34.4 Å². The van der Waals surface area contributed by atoms with Gasteiger partial charge >= 0.3 is 0 Å². The summed E-state index contributed by atoms with van der Waals surface area (Å²) in [5.41, 5.74) is 3.15. The van der Waals surface area contributed by atoms with Gasteiger partial charge in [-0.05, 0) is 32.9 Å². The lowest BCUT2D eigenvalue weighted by atomic mass is 10.1. The van der Waals surface area contributed by atoms with Crippen LogP contribution in [0, 0.1) is 6.92 Å². The van der Waals surface area contributed by atoms with E-state index in [0.29, 0.717) is 0 Å². The Kier molecular flexibility index (Phi) is 5.42. The number of nitrogens with one attached hydrogen (secondary N) is 1. The quantitative estimate of drug-likeness (QED) is 0.855. The number of hydrogen-bond donors (Lipinski definition) is 1. The molecule has 0 saturated heterocycles. The molecule has 0 amide bonds. The number of aryl methyl sites for hydroxylation is 3. The molecule has 0 bridgehead atoms. The van der Waals surface area contributed by atoms with E-state index in [2.05, 4.69) is 35.4 Å². The third kappa shape index (κ3) is 3.47. The summed E-state index contributed by atoms with van der Waals surface area (Å²) >= 11 is 6.44. The van der Waals surface area contributed by atoms with Crippen LogP contribution in [0.4, 0.5) is 0 Å². The van der Waals surface area contributed by atoms with E-state index in [1.807, 2.05) is 29.5 Å². The standard InChI is InChI=1S/C15H24ClN5/c1-5-8-17-12(13-7-9-18-20(13)4)10-14-15(16)11(3)19-21(14)6-2/h7,9,12,17H,5-6,8,10H2,1-4H3. The van der Waals surface area contributed by atoms with Crippen molar-refractivity contribution in [2.75, 3.05) is 6.54 Å². The van der Waals surface area contributed by atoms with E-state index in [9.17, 15) is 0 Å². The van der Waals surface area contributed by atoms with Crippen LogP contribution >= 0.6 is 11.6 Å². The van der Waals surface area contributed by atoms with Crippen molar-refractivity contribution >= 4 is 11.6 Å². The number of rotatable bonds is 7. The Morgan fingerprint density at radius 1 is 1.38 bits per heavy atom. The minimum absolute atomic E-state index is 0.191. The molecular formula is C15H24ClN5. The summed E-state index contributed by atoms with van der Waals surface area (Å²) in [6.45, 7) is 8.00. The second-order valence-electron chi connectivity index (χ2n) is 5.25. The highest BCUT2D eigenvalue weighted by Crippen LogP contribution is 2.26. The molecule has 0 aliphatic heterocycles. The molecule has 2 aromatic heterocycles. The van der Waals surface area contributed by atoms with Crippen molar-refractivity contribution in [2.24, 2.45) is 7.05 Å². The zero-order chi connectivity index (χ0) is 15.4. The van der Waals surface area contributed by atoms with Crippen molar-refractivity contribution in [3.8, 4) is 0 Å². The maximum absolute atomic E-state index is 6.44. The van der Waals surface area contributed by atoms with Gasteiger partial charge in [0.1, 0.15) is 0 Å². The molecule has 1 N–H and O–H groups in total. The van der Waals surface area contributed by atoms with Gasteiger partial charge in [-0.3, -0.25) is 9.36 Å². The number of nitrogens with zero attached hydrogens (tertiary/aromatic N) is 4. The summed E-state index contributed by atoms with van der Waals surface area (Å²) in [6, 6.07) is 2.25. The Labute approximate surface area is 131 Å². The maximum Gasteiger partial charge on any atom is 0.0847 e. The summed E-state index contributed by atoms with van der Waals surface area (Å²) in [7, 11) is 1.97. The highest BCUT2D eigenvalue weighted by Gasteiger charge is 2.20. The first kappa shape index (κ1) is 16.0. The molecule has 0 aliphatic carbocycles. The molecule has 6 heteroatoms. The van der Waals surface area contributed by atoms with Crippen LogP contribution < -0.4 is 5.32 Å². The van der Waals surface area contributed by atoms with Gasteiger partial charge in [0.25, 0.3) is 0 Å². The van der Waals surface area contributed by atoms with Crippen molar-refractivity contribution in [1.82, 2.24) is 24.9 Å². The molecule has 116 valence electrons. The number of halogens is 1. The fourth-order valence-electron chi connectivity index (χ4n) is 2.58. The summed E-state index contributed by atoms with van der Waals surface area (Å²) in [5.74, 6) is 0. The van der Waals surface area contributed by atoms with Gasteiger partial charge in [-0.25, -0.2) is 0 Å². The van der Waals surface area contributed by atoms with E-state index in [1.165, 1.54) is 5.69 Å². The summed E-state index contributed by atoms with van der Waals surface area (Å²) < 4.78 is 3.91. The van der Waals surface area contributed by atoms with Gasteiger partial charge in [-0.2, -0.15) is 10.2 Å². The maximum atomic E-state index is 6.44. The summed E-state index contributed by atoms with van der Waals surface area (Å²) in [4.78, 5) is 0. The summed E-state index contributed by atoms with van der Waals surface area (Å²) in [5, 5.41) is 13.1. The van der Waals surface area contributed by atoms with E-state index < -0.39 is 0 Å². The molecule has 2 heterocycles. The van der Waals surface area contributed by atoms with Crippen LogP contribution in [0.5, 0.6) is 0 Å². The number of hydrogen-bond acceptors (Lipinski definition) is 3. The van der Waals surface area contributed by atoms with Crippen LogP contribution in [0.15, 0.2) is 12.3 Å². The third-order valence-corrected chi connectivity index (χ3v) is 4.20. The van der Waals surface area contributed by atoms with Gasteiger partial charge in [-0.15, -0.1) is 0 Å². The molecule has 0 fully saturated rings. The second-order valence-corrected chi connectivity index (χ2v) is 5.63. The first-order chi connectivity index (χ1) is 10.1. The molecule has 0 aliphatic rings. The Morgan fingerprint density at radius 3 is 2.71 bits per heavy atom. The van der Waals surface area contributed by atoms with Crippen LogP contribution in [-0.4, -0.2) is 26.1 Å². The molecule has 1 atom stereocenters. The van der Waals surface area contributed by atoms with Crippen molar-refractivity contribution in [3.63, 3.8) is 0 Å². The van der Waals surface area contributed by atoms with Crippen LogP contribution in [0.25, 0.3) is 0 Å². The molecule has 1 unspecified atom stereocenters. The first-order valence-electron chi connectivity index (χ1n) is 7.51. The molecule has 0 saturated carbocycles. The summed E-state index contributed by atoms with van der Waals surface area (Å²) in [6.07, 6.45) is 3.74. The Bertz CT molecular complexity index is 587. The zero-order valence-corrected chi connectivity index (χ0v) is 14.0.